The van der Waals surface area contributed by atoms with E-state index in [4.69, 9.17) is 4.74 Å². The van der Waals surface area contributed by atoms with E-state index in [1.807, 2.05) is 37.3 Å². The topological polar surface area (TPSA) is 84.5 Å². The van der Waals surface area contributed by atoms with Gasteiger partial charge in [-0.1, -0.05) is 36.4 Å². The first-order valence-electron chi connectivity index (χ1n) is 8.86. The van der Waals surface area contributed by atoms with Crippen LogP contribution in [0, 0.1) is 0 Å². The number of aryl methyl sites for hydroxylation is 1. The zero-order chi connectivity index (χ0) is 19.7. The average Bonchev–Trinajstić information content (AvgIpc) is 2.66. The maximum absolute atomic E-state index is 12.2. The fraction of sp³-hybridized carbons (Fsp3) is 0.350. The summed E-state index contributed by atoms with van der Waals surface area (Å²) in [4.78, 5) is 12.1. The average molecular weight is 391 g/mol. The molecule has 0 saturated heterocycles. The number of sulfonamides is 1. The van der Waals surface area contributed by atoms with Gasteiger partial charge in [0.2, 0.25) is 10.0 Å². The Hall–Kier alpha value is -2.38. The lowest BCUT2D eigenvalue weighted by Crippen LogP contribution is -2.38. The Balaban J connectivity index is 1.75. The Bertz CT molecular complexity index is 838. The molecule has 0 aromatic heterocycles. The molecular weight excluding hydrogens is 364 g/mol. The van der Waals surface area contributed by atoms with Crippen LogP contribution >= 0.6 is 0 Å². The molecule has 27 heavy (non-hydrogen) atoms. The van der Waals surface area contributed by atoms with Gasteiger partial charge >= 0.3 is 0 Å². The first-order chi connectivity index (χ1) is 12.9. The molecule has 0 aliphatic rings. The molecule has 0 unspecified atom stereocenters. The van der Waals surface area contributed by atoms with Gasteiger partial charge in [-0.15, -0.1) is 0 Å². The number of amides is 1. The molecule has 1 amide bonds. The lowest BCUT2D eigenvalue weighted by molar-refractivity contribution is 0.0955. The van der Waals surface area contributed by atoms with Gasteiger partial charge in [0.25, 0.3) is 5.91 Å². The van der Waals surface area contributed by atoms with Gasteiger partial charge in [-0.2, -0.15) is 0 Å². The highest BCUT2D eigenvalue weighted by atomic mass is 32.2. The van der Waals surface area contributed by atoms with Crippen LogP contribution in [0.15, 0.2) is 54.6 Å². The van der Waals surface area contributed by atoms with Crippen molar-refractivity contribution in [1.29, 1.82) is 0 Å². The zero-order valence-corrected chi connectivity index (χ0v) is 16.5. The summed E-state index contributed by atoms with van der Waals surface area (Å²) in [5.41, 5.74) is 1.60. The quantitative estimate of drug-likeness (QED) is 0.652. The molecule has 6 nitrogen and oxygen atoms in total. The predicted octanol–water partition coefficient (Wildman–Crippen LogP) is 2.37. The third kappa shape index (κ3) is 7.40. The van der Waals surface area contributed by atoms with Crippen LogP contribution in [0.4, 0.5) is 0 Å². The van der Waals surface area contributed by atoms with E-state index in [0.717, 1.165) is 6.42 Å². The second kappa shape index (κ2) is 10.1. The van der Waals surface area contributed by atoms with E-state index in [-0.39, 0.29) is 24.2 Å². The lowest BCUT2D eigenvalue weighted by atomic mass is 10.1. The molecule has 0 aliphatic heterocycles. The van der Waals surface area contributed by atoms with Gasteiger partial charge in [0.1, 0.15) is 5.75 Å². The van der Waals surface area contributed by atoms with Crippen molar-refractivity contribution in [2.75, 3.05) is 19.4 Å². The number of hydrogen-bond acceptors (Lipinski definition) is 4. The van der Waals surface area contributed by atoms with Crippen molar-refractivity contribution in [2.24, 2.45) is 0 Å². The molecule has 0 radical (unpaired) electrons. The Morgan fingerprint density at radius 1 is 1.11 bits per heavy atom. The molecule has 0 aliphatic carbocycles. The molecule has 2 rings (SSSR count). The summed E-state index contributed by atoms with van der Waals surface area (Å²) < 4.78 is 32.1. The van der Waals surface area contributed by atoms with E-state index in [9.17, 15) is 13.2 Å². The normalized spacial score (nSPS) is 12.4. The molecule has 0 saturated carbocycles. The van der Waals surface area contributed by atoms with Crippen LogP contribution < -0.4 is 14.8 Å². The van der Waals surface area contributed by atoms with Gasteiger partial charge in [0.15, 0.2) is 0 Å². The second-order valence-corrected chi connectivity index (χ2v) is 8.22. The minimum absolute atomic E-state index is 0.0385. The van der Waals surface area contributed by atoms with Crippen LogP contribution in [0.2, 0.25) is 0 Å². The number of nitrogens with one attached hydrogen (secondary N) is 2. The van der Waals surface area contributed by atoms with Gasteiger partial charge < -0.3 is 10.1 Å². The van der Waals surface area contributed by atoms with Crippen LogP contribution in [0.1, 0.15) is 29.3 Å². The number of methoxy groups -OCH3 is 1. The minimum Gasteiger partial charge on any atom is -0.497 e. The van der Waals surface area contributed by atoms with E-state index >= 15 is 0 Å². The number of benzene rings is 2. The first kappa shape index (κ1) is 20.9. The number of carbonyl (C=O) groups is 1. The van der Waals surface area contributed by atoms with Crippen molar-refractivity contribution in [3.63, 3.8) is 0 Å². The molecule has 0 fully saturated rings. The van der Waals surface area contributed by atoms with E-state index in [1.54, 1.807) is 24.3 Å². The third-order valence-corrected chi connectivity index (χ3v) is 5.58. The first-order valence-corrected chi connectivity index (χ1v) is 10.5. The molecular formula is C20H26N2O4S. The van der Waals surface area contributed by atoms with E-state index < -0.39 is 10.0 Å². The minimum atomic E-state index is -3.47. The fourth-order valence-electron chi connectivity index (χ4n) is 2.62. The molecule has 7 heteroatoms. The summed E-state index contributed by atoms with van der Waals surface area (Å²) in [6, 6.07) is 16.5. The highest BCUT2D eigenvalue weighted by molar-refractivity contribution is 7.89. The summed E-state index contributed by atoms with van der Waals surface area (Å²) in [7, 11) is -1.94. The Morgan fingerprint density at radius 3 is 2.56 bits per heavy atom. The van der Waals surface area contributed by atoms with Crippen molar-refractivity contribution >= 4 is 15.9 Å². The molecule has 0 bridgehead atoms. The molecule has 146 valence electrons. The molecule has 2 aromatic rings. The smallest absolute Gasteiger partial charge is 0.251 e. The summed E-state index contributed by atoms with van der Waals surface area (Å²) in [6.07, 6.45) is 1.51. The van der Waals surface area contributed by atoms with E-state index in [2.05, 4.69) is 10.0 Å². The van der Waals surface area contributed by atoms with Gasteiger partial charge in [-0.3, -0.25) is 4.79 Å². The molecule has 2 aromatic carbocycles. The Kier molecular flexibility index (Phi) is 7.82. The van der Waals surface area contributed by atoms with Crippen LogP contribution in [0.5, 0.6) is 5.75 Å². The molecule has 2 N–H and O–H groups in total. The zero-order valence-electron chi connectivity index (χ0n) is 15.6. The molecule has 0 heterocycles. The van der Waals surface area contributed by atoms with Crippen molar-refractivity contribution in [1.82, 2.24) is 10.0 Å². The monoisotopic (exact) mass is 390 g/mol. The highest BCUT2D eigenvalue weighted by Crippen LogP contribution is 2.12. The van der Waals surface area contributed by atoms with E-state index in [0.29, 0.717) is 17.7 Å². The lowest BCUT2D eigenvalue weighted by Gasteiger charge is -2.14. The van der Waals surface area contributed by atoms with Gasteiger partial charge in [0, 0.05) is 18.2 Å². The highest BCUT2D eigenvalue weighted by Gasteiger charge is 2.15. The van der Waals surface area contributed by atoms with Crippen molar-refractivity contribution in [3.8, 4) is 5.75 Å². The van der Waals surface area contributed by atoms with Crippen molar-refractivity contribution in [2.45, 2.75) is 25.8 Å². The van der Waals surface area contributed by atoms with Crippen LogP contribution in [0.25, 0.3) is 0 Å². The maximum atomic E-state index is 12.2. The summed E-state index contributed by atoms with van der Waals surface area (Å²) in [5.74, 6) is 0.0728. The number of rotatable bonds is 10. The summed E-state index contributed by atoms with van der Waals surface area (Å²) in [6.45, 7) is 1.88. The predicted molar refractivity (Wildman–Crippen MR) is 106 cm³/mol. The standard InChI is InChI=1S/C20H26N2O4S/c1-16(11-12-17-7-4-3-5-8-17)22-27(24,25)14-13-21-20(23)18-9-6-10-19(15-18)26-2/h3-10,15-16,22H,11-14H2,1-2H3,(H,21,23)/t16-/m1/s1. The van der Waals surface area contributed by atoms with Gasteiger partial charge in [-0.05, 0) is 43.5 Å². The van der Waals surface area contributed by atoms with Crippen molar-refractivity contribution < 1.29 is 17.9 Å². The summed E-state index contributed by atoms with van der Waals surface area (Å²) >= 11 is 0. The van der Waals surface area contributed by atoms with Crippen molar-refractivity contribution in [3.05, 3.63) is 65.7 Å². The van der Waals surface area contributed by atoms with E-state index in [1.165, 1.54) is 12.7 Å². The molecule has 0 spiro atoms. The fourth-order valence-corrected chi connectivity index (χ4v) is 3.84. The third-order valence-electron chi connectivity index (χ3n) is 4.08. The van der Waals surface area contributed by atoms with Crippen LogP contribution in [-0.2, 0) is 16.4 Å². The maximum Gasteiger partial charge on any atom is 0.251 e. The second-order valence-electron chi connectivity index (χ2n) is 6.35. The number of ether oxygens (including phenoxy) is 1. The number of hydrogen-bond donors (Lipinski definition) is 2. The van der Waals surface area contributed by atoms with Gasteiger partial charge in [-0.25, -0.2) is 13.1 Å². The largest absolute Gasteiger partial charge is 0.497 e. The van der Waals surface area contributed by atoms with Crippen LogP contribution in [-0.4, -0.2) is 39.8 Å². The summed E-state index contributed by atoms with van der Waals surface area (Å²) in [5, 5.41) is 2.62. The van der Waals surface area contributed by atoms with Gasteiger partial charge in [0.05, 0.1) is 12.9 Å². The Morgan fingerprint density at radius 2 is 1.85 bits per heavy atom. The SMILES string of the molecule is COc1cccc(C(=O)NCCS(=O)(=O)N[C@H](C)CCc2ccccc2)c1. The number of carbonyl (C=O) groups excluding carboxylic acids is 1. The molecule has 1 atom stereocenters. The Labute approximate surface area is 161 Å². The van der Waals surface area contributed by atoms with Crippen LogP contribution in [0.3, 0.4) is 0 Å².